The minimum absolute atomic E-state index is 0.0499. The molecule has 6 N–H and O–H groups in total. The van der Waals surface area contributed by atoms with Crippen LogP contribution in [0.25, 0.3) is 0 Å². The van der Waals surface area contributed by atoms with E-state index in [1.165, 1.54) is 6.92 Å². The summed E-state index contributed by atoms with van der Waals surface area (Å²) in [7, 11) is 0. The summed E-state index contributed by atoms with van der Waals surface area (Å²) >= 11 is 0. The van der Waals surface area contributed by atoms with Crippen molar-refractivity contribution in [2.75, 3.05) is 13.2 Å². The van der Waals surface area contributed by atoms with Crippen LogP contribution in [0.15, 0.2) is 54.7 Å². The molecule has 15 heteroatoms. The van der Waals surface area contributed by atoms with Crippen LogP contribution in [-0.2, 0) is 38.7 Å². The fourth-order valence-electron chi connectivity index (χ4n) is 6.76. The van der Waals surface area contributed by atoms with Crippen molar-refractivity contribution >= 4 is 29.5 Å². The highest BCUT2D eigenvalue weighted by atomic mass is 16.5. The van der Waals surface area contributed by atoms with Crippen LogP contribution in [0.1, 0.15) is 85.5 Å². The van der Waals surface area contributed by atoms with E-state index in [9.17, 15) is 29.1 Å². The molecule has 0 saturated heterocycles. The molecule has 54 heavy (non-hydrogen) atoms. The van der Waals surface area contributed by atoms with E-state index in [0.29, 0.717) is 43.0 Å². The smallest absolute Gasteiger partial charge is 0.252 e. The third kappa shape index (κ3) is 11.9. The normalized spacial score (nSPS) is 22.4. The molecule has 1 aromatic heterocycles. The Morgan fingerprint density at radius 3 is 2.41 bits per heavy atom. The molecule has 5 rings (SSSR count). The lowest BCUT2D eigenvalue weighted by molar-refractivity contribution is -0.134. The fourth-order valence-corrected chi connectivity index (χ4v) is 6.76. The number of ether oxygens (including phenoxy) is 1. The van der Waals surface area contributed by atoms with E-state index in [2.05, 4.69) is 36.9 Å². The largest absolute Gasteiger partial charge is 0.493 e. The Kier molecular flexibility index (Phi) is 14.5. The van der Waals surface area contributed by atoms with E-state index in [1.807, 2.05) is 37.3 Å². The number of benzene rings is 2. The molecule has 1 aliphatic heterocycles. The van der Waals surface area contributed by atoms with Crippen LogP contribution in [0.2, 0.25) is 0 Å². The van der Waals surface area contributed by atoms with Gasteiger partial charge >= 0.3 is 0 Å². The molecule has 1 fully saturated rings. The van der Waals surface area contributed by atoms with Gasteiger partial charge in [0.15, 0.2) is 0 Å². The minimum atomic E-state index is -1.38. The summed E-state index contributed by atoms with van der Waals surface area (Å²) in [4.78, 5) is 67.1. The van der Waals surface area contributed by atoms with Crippen LogP contribution in [0.3, 0.4) is 0 Å². The number of fused-ring (bicyclic) bond motifs is 4. The van der Waals surface area contributed by atoms with Gasteiger partial charge in [-0.3, -0.25) is 28.7 Å². The Hall–Kier alpha value is -5.31. The Bertz CT molecular complexity index is 1740. The predicted octanol–water partition coefficient (Wildman–Crippen LogP) is 1.85. The van der Waals surface area contributed by atoms with Gasteiger partial charge in [-0.05, 0) is 49.4 Å². The van der Waals surface area contributed by atoms with Gasteiger partial charge in [0, 0.05) is 37.9 Å². The van der Waals surface area contributed by atoms with Crippen molar-refractivity contribution < 1.29 is 33.8 Å². The van der Waals surface area contributed by atoms with Crippen LogP contribution < -0.4 is 31.3 Å². The summed E-state index contributed by atoms with van der Waals surface area (Å²) in [6, 6.07) is 11.1. The highest BCUT2D eigenvalue weighted by Crippen LogP contribution is 2.28. The molecular formula is C39H52N8O7. The van der Waals surface area contributed by atoms with Gasteiger partial charge in [-0.25, -0.2) is 0 Å². The molecule has 4 atom stereocenters. The number of hydrogen-bond acceptors (Lipinski definition) is 9. The van der Waals surface area contributed by atoms with Gasteiger partial charge in [0.2, 0.25) is 23.6 Å². The van der Waals surface area contributed by atoms with Crippen molar-refractivity contribution in [1.82, 2.24) is 41.6 Å². The van der Waals surface area contributed by atoms with E-state index in [0.717, 1.165) is 43.2 Å². The Morgan fingerprint density at radius 1 is 0.889 bits per heavy atom. The zero-order valence-corrected chi connectivity index (χ0v) is 31.0. The number of carbonyl (C=O) groups is 5. The standard InChI is InChI=1S/C39H52N8O7/c1-25-14-15-29-22-33(25)54-19-9-18-47-24-30(45-46-47)23-41-38(52)32(21-28-12-7-4-8-13-28)43-39(53)35(26(2)48)44-34(49)16-17-40-37(51)31(42-36(29)50)20-27-10-5-3-6-11-27/h4,7-8,12-15,22,24,26-27,31-32,35,48H,3,5-6,9-11,16-21,23H2,1-2H3,(H,40,51)(H,41,52)(H,42,50)(H,43,53)(H,44,49)/t26-,31+,32-,35+/m1/s1. The molecule has 15 nitrogen and oxygen atoms in total. The average molecular weight is 745 g/mol. The van der Waals surface area contributed by atoms with Crippen molar-refractivity contribution in [1.29, 1.82) is 0 Å². The predicted molar refractivity (Wildman–Crippen MR) is 199 cm³/mol. The van der Waals surface area contributed by atoms with Crippen molar-refractivity contribution in [3.05, 3.63) is 77.1 Å². The number of aliphatic hydroxyl groups excluding tert-OH is 1. The zero-order valence-electron chi connectivity index (χ0n) is 31.0. The second-order valence-corrected chi connectivity index (χ2v) is 14.2. The summed E-state index contributed by atoms with van der Waals surface area (Å²) in [5.41, 5.74) is 2.51. The first-order valence-electron chi connectivity index (χ1n) is 18.9. The van der Waals surface area contributed by atoms with Crippen LogP contribution >= 0.6 is 0 Å². The minimum Gasteiger partial charge on any atom is -0.493 e. The quantitative estimate of drug-likeness (QED) is 0.225. The maximum atomic E-state index is 13.5. The highest BCUT2D eigenvalue weighted by molar-refractivity contribution is 5.98. The molecule has 3 aromatic rings. The van der Waals surface area contributed by atoms with Gasteiger partial charge in [-0.15, -0.1) is 5.10 Å². The fraction of sp³-hybridized carbons (Fsp3) is 0.513. The number of rotatable bonds is 5. The van der Waals surface area contributed by atoms with Crippen molar-refractivity contribution in [3.63, 3.8) is 0 Å². The van der Waals surface area contributed by atoms with Crippen LogP contribution in [0.5, 0.6) is 5.75 Å². The maximum Gasteiger partial charge on any atom is 0.252 e. The number of aliphatic hydroxyl groups is 1. The molecule has 1 saturated carbocycles. The van der Waals surface area contributed by atoms with Gasteiger partial charge in [-0.1, -0.05) is 73.7 Å². The van der Waals surface area contributed by atoms with Crippen LogP contribution in [0, 0.1) is 12.8 Å². The third-order valence-electron chi connectivity index (χ3n) is 9.83. The van der Waals surface area contributed by atoms with E-state index in [-0.39, 0.29) is 31.8 Å². The monoisotopic (exact) mass is 744 g/mol. The molecule has 2 aromatic carbocycles. The second-order valence-electron chi connectivity index (χ2n) is 14.2. The lowest BCUT2D eigenvalue weighted by atomic mass is 9.84. The molecular weight excluding hydrogens is 692 g/mol. The summed E-state index contributed by atoms with van der Waals surface area (Å²) in [5.74, 6) is -1.82. The first-order valence-corrected chi connectivity index (χ1v) is 18.9. The SMILES string of the molecule is Cc1ccc2cc1OCCCn1cc(nn1)CNC(=O)[C@@H](Cc1ccccc1)NC(=O)[C@H]([C@@H](C)O)NC(=O)CCNC(=O)[C@H](CC1CCCCC1)NC2=O. The van der Waals surface area contributed by atoms with E-state index >= 15 is 0 Å². The molecule has 5 amide bonds. The van der Waals surface area contributed by atoms with E-state index in [4.69, 9.17) is 4.74 Å². The van der Waals surface area contributed by atoms with Crippen molar-refractivity contribution in [3.8, 4) is 5.75 Å². The first-order chi connectivity index (χ1) is 26.0. The van der Waals surface area contributed by atoms with E-state index < -0.39 is 53.8 Å². The Morgan fingerprint density at radius 2 is 1.65 bits per heavy atom. The molecule has 1 aliphatic carbocycles. The molecule has 0 unspecified atom stereocenters. The van der Waals surface area contributed by atoms with Crippen LogP contribution in [0.4, 0.5) is 0 Å². The van der Waals surface area contributed by atoms with Gasteiger partial charge in [0.05, 0.1) is 25.5 Å². The van der Waals surface area contributed by atoms with E-state index in [1.54, 1.807) is 29.1 Å². The highest BCUT2D eigenvalue weighted by Gasteiger charge is 2.31. The van der Waals surface area contributed by atoms with Crippen LogP contribution in [-0.4, -0.2) is 87.0 Å². The van der Waals surface area contributed by atoms with Gasteiger partial charge in [-0.2, -0.15) is 0 Å². The average Bonchev–Trinajstić information content (AvgIpc) is 3.62. The number of aromatic nitrogens is 3. The van der Waals surface area contributed by atoms with Crippen molar-refractivity contribution in [2.24, 2.45) is 5.92 Å². The lowest BCUT2D eigenvalue weighted by Gasteiger charge is -2.27. The summed E-state index contributed by atoms with van der Waals surface area (Å²) in [6.07, 6.45) is 6.64. The molecule has 0 radical (unpaired) electrons. The molecule has 4 bridgehead atoms. The molecule has 0 spiro atoms. The molecule has 290 valence electrons. The maximum absolute atomic E-state index is 13.5. The summed E-state index contributed by atoms with van der Waals surface area (Å²) in [5, 5.41) is 32.6. The molecule has 2 heterocycles. The number of nitrogens with zero attached hydrogens (tertiary/aromatic N) is 3. The van der Waals surface area contributed by atoms with Gasteiger partial charge < -0.3 is 36.4 Å². The Balaban J connectivity index is 1.35. The number of carbonyl (C=O) groups excluding carboxylic acids is 5. The summed E-state index contributed by atoms with van der Waals surface area (Å²) in [6.45, 7) is 4.06. The molecule has 2 aliphatic rings. The van der Waals surface area contributed by atoms with Gasteiger partial charge in [0.25, 0.3) is 5.91 Å². The topological polar surface area (TPSA) is 206 Å². The second kappa shape index (κ2) is 19.7. The zero-order chi connectivity index (χ0) is 38.5. The number of nitrogens with one attached hydrogen (secondary N) is 5. The number of amides is 5. The van der Waals surface area contributed by atoms with Crippen molar-refractivity contribution in [2.45, 2.75) is 109 Å². The number of hydrogen-bond donors (Lipinski definition) is 6. The third-order valence-corrected chi connectivity index (χ3v) is 9.83. The Labute approximate surface area is 315 Å². The first kappa shape index (κ1) is 39.9. The number of aryl methyl sites for hydroxylation is 2. The lowest BCUT2D eigenvalue weighted by Crippen LogP contribution is -2.57. The summed E-state index contributed by atoms with van der Waals surface area (Å²) < 4.78 is 7.69. The van der Waals surface area contributed by atoms with Gasteiger partial charge in [0.1, 0.15) is 29.6 Å².